The third-order valence-corrected chi connectivity index (χ3v) is 5.67. The van der Waals surface area contributed by atoms with Crippen LogP contribution in [-0.4, -0.2) is 24.3 Å². The number of hydrogen-bond donors (Lipinski definition) is 2. The van der Waals surface area contributed by atoms with Crippen LogP contribution in [-0.2, 0) is 6.42 Å². The number of nitrogens with zero attached hydrogens (tertiary/aromatic N) is 1. The maximum Gasteiger partial charge on any atom is 0.255 e. The number of carbonyl (C=O) groups is 2. The van der Waals surface area contributed by atoms with Crippen molar-refractivity contribution in [1.29, 1.82) is 5.26 Å². The van der Waals surface area contributed by atoms with E-state index in [9.17, 15) is 9.59 Å². The van der Waals surface area contributed by atoms with Crippen molar-refractivity contribution < 1.29 is 14.3 Å². The second-order valence-electron chi connectivity index (χ2n) is 8.86. The van der Waals surface area contributed by atoms with E-state index in [-0.39, 0.29) is 17.2 Å². The molecule has 0 fully saturated rings. The molecule has 2 N–H and O–H groups in total. The van der Waals surface area contributed by atoms with Crippen LogP contribution >= 0.6 is 0 Å². The zero-order chi connectivity index (χ0) is 24.3. The minimum absolute atomic E-state index is 0.177. The van der Waals surface area contributed by atoms with Gasteiger partial charge in [0.2, 0.25) is 0 Å². The molecule has 0 radical (unpaired) electrons. The van der Waals surface area contributed by atoms with E-state index in [1.807, 2.05) is 24.3 Å². The summed E-state index contributed by atoms with van der Waals surface area (Å²) in [4.78, 5) is 25.7. The van der Waals surface area contributed by atoms with Gasteiger partial charge in [0.05, 0.1) is 18.7 Å². The topological polar surface area (TPSA) is 91.2 Å². The standard InChI is InChI=1S/C28H25N3O3/c1-28(2)16-21-11-12-23(34-3)14-24(21)25(31-28)15-26(32)20-5-4-6-22(13-20)30-27(33)19-9-7-18(17-29)8-10-19/h4-15,31H,16H2,1-3H3,(H,30,33). The Hall–Kier alpha value is -4.37. The second-order valence-corrected chi connectivity index (χ2v) is 8.86. The number of hydrogen-bond acceptors (Lipinski definition) is 5. The number of carbonyl (C=O) groups excluding carboxylic acids is 2. The third kappa shape index (κ3) is 5.00. The average Bonchev–Trinajstić information content (AvgIpc) is 2.83. The molecule has 1 aliphatic rings. The highest BCUT2D eigenvalue weighted by molar-refractivity contribution is 6.10. The predicted octanol–water partition coefficient (Wildman–Crippen LogP) is 4.97. The summed E-state index contributed by atoms with van der Waals surface area (Å²) >= 11 is 0. The van der Waals surface area contributed by atoms with E-state index in [2.05, 4.69) is 24.5 Å². The number of amides is 1. The average molecular weight is 452 g/mol. The van der Waals surface area contributed by atoms with Crippen LogP contribution in [0.3, 0.4) is 0 Å². The molecule has 3 aromatic carbocycles. The molecule has 1 aliphatic heterocycles. The van der Waals surface area contributed by atoms with Gasteiger partial charge in [-0.25, -0.2) is 0 Å². The normalized spacial score (nSPS) is 14.9. The Morgan fingerprint density at radius 2 is 1.82 bits per heavy atom. The minimum Gasteiger partial charge on any atom is -0.497 e. The van der Waals surface area contributed by atoms with E-state index in [1.165, 1.54) is 0 Å². The maximum atomic E-state index is 13.2. The summed E-state index contributed by atoms with van der Waals surface area (Å²) < 4.78 is 5.38. The lowest BCUT2D eigenvalue weighted by Gasteiger charge is -2.35. The van der Waals surface area contributed by atoms with Crippen LogP contribution in [0.25, 0.3) is 5.70 Å². The Bertz CT molecular complexity index is 1330. The van der Waals surface area contributed by atoms with Gasteiger partial charge in [-0.15, -0.1) is 0 Å². The number of allylic oxidation sites excluding steroid dienone is 1. The van der Waals surface area contributed by atoms with E-state index in [0.29, 0.717) is 22.4 Å². The summed E-state index contributed by atoms with van der Waals surface area (Å²) in [5.74, 6) is 0.235. The molecule has 0 aromatic heterocycles. The van der Waals surface area contributed by atoms with Crippen molar-refractivity contribution in [3.8, 4) is 11.8 Å². The zero-order valence-corrected chi connectivity index (χ0v) is 19.3. The molecule has 4 rings (SSSR count). The Balaban J connectivity index is 1.59. The molecule has 0 aliphatic carbocycles. The van der Waals surface area contributed by atoms with Gasteiger partial charge in [-0.2, -0.15) is 5.26 Å². The fourth-order valence-corrected chi connectivity index (χ4v) is 4.02. The lowest BCUT2D eigenvalue weighted by Crippen LogP contribution is -2.43. The lowest BCUT2D eigenvalue weighted by molar-refractivity contribution is 0.102. The fourth-order valence-electron chi connectivity index (χ4n) is 4.02. The Labute approximate surface area is 198 Å². The molecule has 1 heterocycles. The van der Waals surface area contributed by atoms with Gasteiger partial charge in [0.25, 0.3) is 5.91 Å². The molecule has 3 aromatic rings. The van der Waals surface area contributed by atoms with E-state index in [1.54, 1.807) is 61.7 Å². The zero-order valence-electron chi connectivity index (χ0n) is 19.3. The van der Waals surface area contributed by atoms with E-state index in [0.717, 1.165) is 29.0 Å². The highest BCUT2D eigenvalue weighted by Crippen LogP contribution is 2.32. The smallest absolute Gasteiger partial charge is 0.255 e. The molecule has 0 atom stereocenters. The fraction of sp³-hybridized carbons (Fsp3) is 0.179. The molecule has 6 nitrogen and oxygen atoms in total. The number of ether oxygens (including phenoxy) is 1. The van der Waals surface area contributed by atoms with E-state index in [4.69, 9.17) is 10.00 Å². The van der Waals surface area contributed by atoms with Gasteiger partial charge in [-0.1, -0.05) is 18.2 Å². The summed E-state index contributed by atoms with van der Waals surface area (Å²) in [5.41, 5.74) is 4.50. The molecule has 1 amide bonds. The number of anilines is 1. The number of nitriles is 1. The van der Waals surface area contributed by atoms with Gasteiger partial charge >= 0.3 is 0 Å². The monoisotopic (exact) mass is 451 g/mol. The molecule has 34 heavy (non-hydrogen) atoms. The van der Waals surface area contributed by atoms with Gasteiger partial charge in [0.15, 0.2) is 5.78 Å². The molecular formula is C28H25N3O3. The van der Waals surface area contributed by atoms with Crippen LogP contribution in [0.15, 0.2) is 72.8 Å². The van der Waals surface area contributed by atoms with E-state index < -0.39 is 0 Å². The molecule has 6 heteroatoms. The van der Waals surface area contributed by atoms with Crippen molar-refractivity contribution in [3.63, 3.8) is 0 Å². The van der Waals surface area contributed by atoms with Crippen LogP contribution < -0.4 is 15.4 Å². The molecule has 170 valence electrons. The Morgan fingerprint density at radius 1 is 1.06 bits per heavy atom. The van der Waals surface area contributed by atoms with Crippen LogP contribution in [0.4, 0.5) is 5.69 Å². The molecule has 0 spiro atoms. The number of fused-ring (bicyclic) bond motifs is 1. The first kappa shape index (κ1) is 22.8. The Morgan fingerprint density at radius 3 is 2.53 bits per heavy atom. The first-order valence-electron chi connectivity index (χ1n) is 10.9. The largest absolute Gasteiger partial charge is 0.497 e. The van der Waals surface area contributed by atoms with Crippen LogP contribution in [0.5, 0.6) is 5.75 Å². The number of ketones is 1. The van der Waals surface area contributed by atoms with Crippen molar-refractivity contribution in [1.82, 2.24) is 5.32 Å². The molecule has 0 unspecified atom stereocenters. The van der Waals surface area contributed by atoms with Crippen LogP contribution in [0.2, 0.25) is 0 Å². The van der Waals surface area contributed by atoms with Crippen molar-refractivity contribution >= 4 is 23.1 Å². The van der Waals surface area contributed by atoms with Crippen molar-refractivity contribution in [3.05, 3.63) is 101 Å². The van der Waals surface area contributed by atoms with Crippen molar-refractivity contribution in [2.24, 2.45) is 0 Å². The van der Waals surface area contributed by atoms with Gasteiger partial charge in [-0.3, -0.25) is 9.59 Å². The third-order valence-electron chi connectivity index (χ3n) is 5.67. The highest BCUT2D eigenvalue weighted by Gasteiger charge is 2.28. The SMILES string of the molecule is COc1ccc2c(c1)C(=CC(=O)c1cccc(NC(=O)c3ccc(C#N)cc3)c1)NC(C)(C)C2. The quantitative estimate of drug-likeness (QED) is 0.422. The summed E-state index contributed by atoms with van der Waals surface area (Å²) in [5, 5.41) is 15.2. The number of rotatable bonds is 5. The highest BCUT2D eigenvalue weighted by atomic mass is 16.5. The van der Waals surface area contributed by atoms with Gasteiger partial charge in [-0.05, 0) is 74.4 Å². The van der Waals surface area contributed by atoms with Gasteiger partial charge in [0.1, 0.15) is 5.75 Å². The summed E-state index contributed by atoms with van der Waals surface area (Å²) in [6, 6.07) is 21.1. The van der Waals surface area contributed by atoms with Crippen molar-refractivity contribution in [2.75, 3.05) is 12.4 Å². The predicted molar refractivity (Wildman–Crippen MR) is 132 cm³/mol. The number of nitrogens with one attached hydrogen (secondary N) is 2. The molecule has 0 saturated heterocycles. The van der Waals surface area contributed by atoms with Gasteiger partial charge in [0, 0.05) is 39.7 Å². The van der Waals surface area contributed by atoms with Crippen molar-refractivity contribution in [2.45, 2.75) is 25.8 Å². The van der Waals surface area contributed by atoms with Gasteiger partial charge < -0.3 is 15.4 Å². The first-order valence-corrected chi connectivity index (χ1v) is 10.9. The first-order chi connectivity index (χ1) is 16.3. The second kappa shape index (κ2) is 9.24. The summed E-state index contributed by atoms with van der Waals surface area (Å²) in [7, 11) is 1.62. The maximum absolute atomic E-state index is 13.2. The minimum atomic E-state index is -0.316. The molecular weight excluding hydrogens is 426 g/mol. The Kier molecular flexibility index (Phi) is 6.20. The van der Waals surface area contributed by atoms with Crippen LogP contribution in [0, 0.1) is 11.3 Å². The van der Waals surface area contributed by atoms with Crippen LogP contribution in [0.1, 0.15) is 51.3 Å². The number of benzene rings is 3. The number of methoxy groups -OCH3 is 1. The van der Waals surface area contributed by atoms with E-state index >= 15 is 0 Å². The molecule has 0 bridgehead atoms. The molecule has 0 saturated carbocycles. The summed E-state index contributed by atoms with van der Waals surface area (Å²) in [6.07, 6.45) is 2.43. The summed E-state index contributed by atoms with van der Waals surface area (Å²) in [6.45, 7) is 4.19. The lowest BCUT2D eigenvalue weighted by atomic mass is 9.85.